The van der Waals surface area contributed by atoms with Crippen LogP contribution in [0.25, 0.3) is 0 Å². The van der Waals surface area contributed by atoms with Crippen LogP contribution in [0.5, 0.6) is 0 Å². The molecule has 0 radical (unpaired) electrons. The molecule has 0 amide bonds. The van der Waals surface area contributed by atoms with Gasteiger partial charge in [-0.3, -0.25) is 0 Å². The SMILES string of the molecule is C/C=C1\COCC1/C=C/O. The van der Waals surface area contributed by atoms with Crippen LogP contribution in [0, 0.1) is 5.92 Å². The molecule has 1 saturated heterocycles. The normalized spacial score (nSPS) is 30.5. The number of aliphatic hydroxyl groups is 1. The van der Waals surface area contributed by atoms with Gasteiger partial charge < -0.3 is 9.84 Å². The van der Waals surface area contributed by atoms with E-state index in [-0.39, 0.29) is 0 Å². The molecule has 0 spiro atoms. The smallest absolute Gasteiger partial charge is 0.0758 e. The number of hydrogen-bond donors (Lipinski definition) is 1. The average Bonchev–Trinajstić information content (AvgIpc) is 2.36. The molecule has 2 heteroatoms. The quantitative estimate of drug-likeness (QED) is 0.443. The molecule has 1 aliphatic heterocycles. The number of hydrogen-bond acceptors (Lipinski definition) is 2. The fourth-order valence-corrected chi connectivity index (χ4v) is 1.10. The van der Waals surface area contributed by atoms with Crippen LogP contribution in [0.2, 0.25) is 0 Å². The lowest BCUT2D eigenvalue weighted by Gasteiger charge is -1.99. The molecule has 0 bridgehead atoms. The van der Waals surface area contributed by atoms with E-state index in [1.54, 1.807) is 6.08 Å². The Labute approximate surface area is 60.8 Å². The summed E-state index contributed by atoms with van der Waals surface area (Å²) in [6.07, 6.45) is 4.88. The molecule has 1 rings (SSSR count). The van der Waals surface area contributed by atoms with Gasteiger partial charge in [-0.25, -0.2) is 0 Å². The van der Waals surface area contributed by atoms with Gasteiger partial charge in [0.1, 0.15) is 0 Å². The molecule has 0 aromatic heterocycles. The molecule has 56 valence electrons. The Hall–Kier alpha value is -0.760. The van der Waals surface area contributed by atoms with Crippen molar-refractivity contribution in [2.45, 2.75) is 6.92 Å². The minimum Gasteiger partial charge on any atom is -0.516 e. The van der Waals surface area contributed by atoms with Gasteiger partial charge in [-0.15, -0.1) is 0 Å². The lowest BCUT2D eigenvalue weighted by molar-refractivity contribution is 0.195. The second-order valence-electron chi connectivity index (χ2n) is 2.33. The Balaban J connectivity index is 2.59. The van der Waals surface area contributed by atoms with Crippen LogP contribution in [0.4, 0.5) is 0 Å². The minimum atomic E-state index is 0.301. The monoisotopic (exact) mass is 140 g/mol. The van der Waals surface area contributed by atoms with Crippen molar-refractivity contribution in [3.8, 4) is 0 Å². The van der Waals surface area contributed by atoms with Gasteiger partial charge in [0.15, 0.2) is 0 Å². The summed E-state index contributed by atoms with van der Waals surface area (Å²) >= 11 is 0. The van der Waals surface area contributed by atoms with Gasteiger partial charge >= 0.3 is 0 Å². The maximum Gasteiger partial charge on any atom is 0.0758 e. The van der Waals surface area contributed by atoms with Gasteiger partial charge in [-0.05, 0) is 18.6 Å². The molecule has 1 atom stereocenters. The molecular weight excluding hydrogens is 128 g/mol. The van der Waals surface area contributed by atoms with E-state index < -0.39 is 0 Å². The Morgan fingerprint density at radius 3 is 3.10 bits per heavy atom. The molecule has 0 aromatic rings. The maximum absolute atomic E-state index is 8.48. The zero-order chi connectivity index (χ0) is 7.40. The predicted octanol–water partition coefficient (Wildman–Crippen LogP) is 1.65. The van der Waals surface area contributed by atoms with Crippen molar-refractivity contribution in [2.75, 3.05) is 13.2 Å². The molecule has 1 fully saturated rings. The summed E-state index contributed by atoms with van der Waals surface area (Å²) in [6.45, 7) is 3.41. The van der Waals surface area contributed by atoms with Crippen LogP contribution in [0.1, 0.15) is 6.92 Å². The largest absolute Gasteiger partial charge is 0.516 e. The third-order valence-corrected chi connectivity index (χ3v) is 1.73. The first kappa shape index (κ1) is 7.35. The van der Waals surface area contributed by atoms with Crippen molar-refractivity contribution in [3.63, 3.8) is 0 Å². The standard InChI is InChI=1S/C8H12O2/c1-2-7-5-10-6-8(7)3-4-9/h2-4,8-9H,5-6H2,1H3/b4-3+,7-2+. The van der Waals surface area contributed by atoms with Crippen molar-refractivity contribution < 1.29 is 9.84 Å². The molecular formula is C8H12O2. The molecule has 0 aliphatic carbocycles. The van der Waals surface area contributed by atoms with Crippen LogP contribution in [0.3, 0.4) is 0 Å². The van der Waals surface area contributed by atoms with Crippen LogP contribution in [-0.2, 0) is 4.74 Å². The highest BCUT2D eigenvalue weighted by Gasteiger charge is 2.17. The van der Waals surface area contributed by atoms with E-state index in [1.165, 1.54) is 5.57 Å². The van der Waals surface area contributed by atoms with Crippen LogP contribution in [-0.4, -0.2) is 18.3 Å². The van der Waals surface area contributed by atoms with E-state index in [4.69, 9.17) is 9.84 Å². The molecule has 2 nitrogen and oxygen atoms in total. The number of rotatable bonds is 1. The maximum atomic E-state index is 8.48. The zero-order valence-corrected chi connectivity index (χ0v) is 6.08. The summed E-state index contributed by atoms with van der Waals surface area (Å²) in [5, 5.41) is 8.48. The van der Waals surface area contributed by atoms with Crippen molar-refractivity contribution >= 4 is 0 Å². The fraction of sp³-hybridized carbons (Fsp3) is 0.500. The Bertz CT molecular complexity index is 159. The fourth-order valence-electron chi connectivity index (χ4n) is 1.10. The first-order valence-electron chi connectivity index (χ1n) is 3.42. The molecule has 1 heterocycles. The lowest BCUT2D eigenvalue weighted by atomic mass is 10.0. The first-order valence-corrected chi connectivity index (χ1v) is 3.42. The van der Waals surface area contributed by atoms with Gasteiger partial charge in [0, 0.05) is 5.92 Å². The van der Waals surface area contributed by atoms with Crippen molar-refractivity contribution in [2.24, 2.45) is 5.92 Å². The number of ether oxygens (including phenoxy) is 1. The predicted molar refractivity (Wildman–Crippen MR) is 39.8 cm³/mol. The van der Waals surface area contributed by atoms with Crippen molar-refractivity contribution in [1.82, 2.24) is 0 Å². The van der Waals surface area contributed by atoms with Gasteiger partial charge in [0.25, 0.3) is 0 Å². The topological polar surface area (TPSA) is 29.5 Å². The number of allylic oxidation sites excluding steroid dienone is 1. The first-order chi connectivity index (χ1) is 4.88. The Morgan fingerprint density at radius 1 is 1.70 bits per heavy atom. The van der Waals surface area contributed by atoms with Crippen LogP contribution >= 0.6 is 0 Å². The molecule has 0 saturated carbocycles. The zero-order valence-electron chi connectivity index (χ0n) is 6.08. The molecule has 10 heavy (non-hydrogen) atoms. The highest BCUT2D eigenvalue weighted by molar-refractivity contribution is 5.15. The highest BCUT2D eigenvalue weighted by atomic mass is 16.5. The Morgan fingerprint density at radius 2 is 2.50 bits per heavy atom. The summed E-state index contributed by atoms with van der Waals surface area (Å²) in [7, 11) is 0. The molecule has 1 unspecified atom stereocenters. The second-order valence-corrected chi connectivity index (χ2v) is 2.33. The summed E-state index contributed by atoms with van der Waals surface area (Å²) < 4.78 is 5.18. The number of aliphatic hydroxyl groups excluding tert-OH is 1. The van der Waals surface area contributed by atoms with E-state index in [1.807, 2.05) is 13.0 Å². The van der Waals surface area contributed by atoms with E-state index in [2.05, 4.69) is 0 Å². The van der Waals surface area contributed by atoms with E-state index in [0.29, 0.717) is 19.1 Å². The molecule has 0 aromatic carbocycles. The summed E-state index contributed by atoms with van der Waals surface area (Å²) in [5.74, 6) is 0.301. The third-order valence-electron chi connectivity index (χ3n) is 1.73. The highest BCUT2D eigenvalue weighted by Crippen LogP contribution is 2.20. The van der Waals surface area contributed by atoms with Gasteiger partial charge in [-0.2, -0.15) is 0 Å². The summed E-state index contributed by atoms with van der Waals surface area (Å²) in [6, 6.07) is 0. The van der Waals surface area contributed by atoms with E-state index in [9.17, 15) is 0 Å². The summed E-state index contributed by atoms with van der Waals surface area (Å²) in [5.41, 5.74) is 1.25. The van der Waals surface area contributed by atoms with Gasteiger partial charge in [0.05, 0.1) is 19.5 Å². The van der Waals surface area contributed by atoms with Crippen LogP contribution < -0.4 is 0 Å². The molecule has 1 aliphatic rings. The second kappa shape index (κ2) is 3.42. The van der Waals surface area contributed by atoms with E-state index in [0.717, 1.165) is 6.26 Å². The molecule has 1 N–H and O–H groups in total. The van der Waals surface area contributed by atoms with E-state index >= 15 is 0 Å². The lowest BCUT2D eigenvalue weighted by Crippen LogP contribution is -1.96. The van der Waals surface area contributed by atoms with Crippen molar-refractivity contribution in [1.29, 1.82) is 0 Å². The van der Waals surface area contributed by atoms with Gasteiger partial charge in [0.2, 0.25) is 0 Å². The average molecular weight is 140 g/mol. The minimum absolute atomic E-state index is 0.301. The van der Waals surface area contributed by atoms with Gasteiger partial charge in [-0.1, -0.05) is 6.08 Å². The van der Waals surface area contributed by atoms with Crippen LogP contribution in [0.15, 0.2) is 24.0 Å². The Kier molecular flexibility index (Phi) is 2.51. The summed E-state index contributed by atoms with van der Waals surface area (Å²) in [4.78, 5) is 0. The van der Waals surface area contributed by atoms with Crippen molar-refractivity contribution in [3.05, 3.63) is 24.0 Å². The third kappa shape index (κ3) is 1.39.